The van der Waals surface area contributed by atoms with Crippen LogP contribution in [0.2, 0.25) is 0 Å². The van der Waals surface area contributed by atoms with E-state index in [1.54, 1.807) is 28.4 Å². The number of hydrogen-bond acceptors (Lipinski definition) is 6. The van der Waals surface area contributed by atoms with E-state index in [4.69, 9.17) is 29.4 Å². The van der Waals surface area contributed by atoms with Crippen LogP contribution in [0.5, 0.6) is 28.7 Å². The molecule has 0 heterocycles. The van der Waals surface area contributed by atoms with Gasteiger partial charge in [0.05, 0.1) is 34.0 Å². The van der Waals surface area contributed by atoms with Gasteiger partial charge in [-0.15, -0.1) is 0 Å². The summed E-state index contributed by atoms with van der Waals surface area (Å²) in [7, 11) is 6.69. The normalized spacial score (nSPS) is 12.4. The molecule has 0 bridgehead atoms. The first kappa shape index (κ1) is 34.2. The predicted octanol–water partition coefficient (Wildman–Crippen LogP) is 8.90. The first-order chi connectivity index (χ1) is 24.3. The first-order valence-electron chi connectivity index (χ1n) is 16.5. The predicted molar refractivity (Wildman–Crippen MR) is 199 cm³/mol. The van der Waals surface area contributed by atoms with E-state index >= 15 is 0 Å². The van der Waals surface area contributed by atoms with E-state index in [0.717, 1.165) is 67.7 Å². The highest BCUT2D eigenvalue weighted by atomic mass is 16.5. The molecule has 0 spiro atoms. The Kier molecular flexibility index (Phi) is 10.1. The van der Waals surface area contributed by atoms with Crippen LogP contribution in [0.1, 0.15) is 45.9 Å². The van der Waals surface area contributed by atoms with E-state index in [2.05, 4.69) is 61.5 Å². The summed E-state index contributed by atoms with van der Waals surface area (Å²) in [5.41, 5.74) is 13.1. The number of rotatable bonds is 13. The van der Waals surface area contributed by atoms with Crippen molar-refractivity contribution in [3.63, 3.8) is 0 Å². The van der Waals surface area contributed by atoms with E-state index in [0.29, 0.717) is 0 Å². The molecule has 0 saturated carbocycles. The molecule has 0 aromatic heterocycles. The number of methoxy groups -OCH3 is 4. The van der Waals surface area contributed by atoms with Crippen LogP contribution < -0.4 is 29.4 Å². The van der Waals surface area contributed by atoms with E-state index in [1.807, 2.05) is 91.0 Å². The Morgan fingerprint density at radius 2 is 0.840 bits per heavy atom. The number of ether oxygens (including phenoxy) is 5. The van der Waals surface area contributed by atoms with Gasteiger partial charge in [-0.25, -0.2) is 0 Å². The van der Waals surface area contributed by atoms with Crippen molar-refractivity contribution in [3.8, 4) is 28.7 Å². The van der Waals surface area contributed by atoms with Crippen molar-refractivity contribution in [3.05, 3.63) is 185 Å². The van der Waals surface area contributed by atoms with Gasteiger partial charge in [0.1, 0.15) is 35.4 Å². The quantitative estimate of drug-likeness (QED) is 0.124. The zero-order valence-corrected chi connectivity index (χ0v) is 29.2. The molecule has 0 aliphatic heterocycles. The van der Waals surface area contributed by atoms with Gasteiger partial charge in [-0.1, -0.05) is 84.9 Å². The van der Waals surface area contributed by atoms with Crippen molar-refractivity contribution in [2.24, 2.45) is 5.73 Å². The second-order valence-electron chi connectivity index (χ2n) is 12.3. The summed E-state index contributed by atoms with van der Waals surface area (Å²) in [5.74, 6) is 3.86. The molecular formula is C44H43NO5. The molecule has 0 saturated heterocycles. The van der Waals surface area contributed by atoms with Crippen molar-refractivity contribution in [2.45, 2.75) is 24.5 Å². The maximum atomic E-state index is 7.37. The van der Waals surface area contributed by atoms with Crippen LogP contribution in [0.15, 0.2) is 146 Å². The number of hydrogen-bond donors (Lipinski definition) is 1. The van der Waals surface area contributed by atoms with Crippen molar-refractivity contribution in [1.82, 2.24) is 0 Å². The average Bonchev–Trinajstić information content (AvgIpc) is 3.20. The standard InChI is InChI=1S/C44H43NO5/c1-43(32-11-20-38(46-2)21-12-32,33-13-22-39(47-3)23-14-33)34-15-26-41(27-16-34)50-30-31-29-37(19-28-42(31)49-5)44(45,35-9-7-6-8-10-35)36-17-24-40(48-4)25-18-36/h6-29H,30,45H2,1-5H3. The molecule has 50 heavy (non-hydrogen) atoms. The first-order valence-corrected chi connectivity index (χ1v) is 16.5. The molecular weight excluding hydrogens is 622 g/mol. The lowest BCUT2D eigenvalue weighted by Gasteiger charge is -2.32. The van der Waals surface area contributed by atoms with Gasteiger partial charge in [0.2, 0.25) is 0 Å². The van der Waals surface area contributed by atoms with E-state index in [9.17, 15) is 0 Å². The van der Waals surface area contributed by atoms with Gasteiger partial charge in [-0.3, -0.25) is 0 Å². The molecule has 6 nitrogen and oxygen atoms in total. The average molecular weight is 666 g/mol. The van der Waals surface area contributed by atoms with Gasteiger partial charge in [0.15, 0.2) is 0 Å². The van der Waals surface area contributed by atoms with Gasteiger partial charge in [-0.05, 0) is 101 Å². The molecule has 6 aromatic rings. The van der Waals surface area contributed by atoms with Crippen LogP contribution in [-0.4, -0.2) is 28.4 Å². The van der Waals surface area contributed by atoms with Crippen molar-refractivity contribution in [2.75, 3.05) is 28.4 Å². The molecule has 6 heteroatoms. The molecule has 6 aromatic carbocycles. The SMILES string of the molecule is COc1ccc(C(C)(c2ccc(OC)cc2)c2ccc(OCc3cc(C(N)(c4ccccc4)c4ccc(OC)cc4)ccc3OC)cc2)cc1. The van der Waals surface area contributed by atoms with Crippen LogP contribution in [0.3, 0.4) is 0 Å². The summed E-state index contributed by atoms with van der Waals surface area (Å²) in [4.78, 5) is 0. The Bertz CT molecular complexity index is 1940. The number of nitrogens with two attached hydrogens (primary N) is 1. The van der Waals surface area contributed by atoms with Gasteiger partial charge < -0.3 is 29.4 Å². The van der Waals surface area contributed by atoms with Gasteiger partial charge in [-0.2, -0.15) is 0 Å². The minimum Gasteiger partial charge on any atom is -0.497 e. The molecule has 0 radical (unpaired) electrons. The summed E-state index contributed by atoms with van der Waals surface area (Å²) in [6.45, 7) is 2.52. The third kappa shape index (κ3) is 6.63. The zero-order valence-electron chi connectivity index (χ0n) is 29.2. The van der Waals surface area contributed by atoms with Crippen LogP contribution >= 0.6 is 0 Å². The number of benzene rings is 6. The maximum absolute atomic E-state index is 7.37. The molecule has 0 amide bonds. The van der Waals surface area contributed by atoms with Crippen LogP contribution in [0.4, 0.5) is 0 Å². The van der Waals surface area contributed by atoms with Crippen molar-refractivity contribution in [1.29, 1.82) is 0 Å². The monoisotopic (exact) mass is 665 g/mol. The van der Waals surface area contributed by atoms with Crippen molar-refractivity contribution < 1.29 is 23.7 Å². The van der Waals surface area contributed by atoms with E-state index < -0.39 is 11.0 Å². The lowest BCUT2D eigenvalue weighted by Crippen LogP contribution is -2.39. The maximum Gasteiger partial charge on any atom is 0.125 e. The Balaban J connectivity index is 1.31. The third-order valence-electron chi connectivity index (χ3n) is 9.67. The highest BCUT2D eigenvalue weighted by Gasteiger charge is 2.33. The summed E-state index contributed by atoms with van der Waals surface area (Å²) in [6, 6.07) is 48.8. The topological polar surface area (TPSA) is 72.2 Å². The highest BCUT2D eigenvalue weighted by Crippen LogP contribution is 2.41. The molecule has 6 rings (SSSR count). The van der Waals surface area contributed by atoms with E-state index in [1.165, 1.54) is 0 Å². The second-order valence-corrected chi connectivity index (χ2v) is 12.3. The van der Waals surface area contributed by atoms with Crippen molar-refractivity contribution >= 4 is 0 Å². The van der Waals surface area contributed by atoms with Crippen LogP contribution in [0, 0.1) is 0 Å². The second kappa shape index (κ2) is 14.8. The molecule has 0 aliphatic carbocycles. The fraction of sp³-hybridized carbons (Fsp3) is 0.182. The minimum absolute atomic E-state index is 0.290. The van der Waals surface area contributed by atoms with Gasteiger partial charge >= 0.3 is 0 Å². The van der Waals surface area contributed by atoms with E-state index in [-0.39, 0.29) is 6.61 Å². The van der Waals surface area contributed by atoms with Gasteiger partial charge in [0, 0.05) is 11.0 Å². The van der Waals surface area contributed by atoms with Crippen LogP contribution in [0.25, 0.3) is 0 Å². The summed E-state index contributed by atoms with van der Waals surface area (Å²) >= 11 is 0. The fourth-order valence-corrected chi connectivity index (χ4v) is 6.59. The fourth-order valence-electron chi connectivity index (χ4n) is 6.59. The molecule has 254 valence electrons. The molecule has 2 N–H and O–H groups in total. The Morgan fingerprint density at radius 1 is 0.440 bits per heavy atom. The molecule has 1 atom stereocenters. The Hall–Kier alpha value is -5.72. The molecule has 0 fully saturated rings. The lowest BCUT2D eigenvalue weighted by molar-refractivity contribution is 0.296. The Morgan fingerprint density at radius 3 is 1.28 bits per heavy atom. The third-order valence-corrected chi connectivity index (χ3v) is 9.67. The largest absolute Gasteiger partial charge is 0.497 e. The smallest absolute Gasteiger partial charge is 0.125 e. The molecule has 0 aliphatic rings. The lowest BCUT2D eigenvalue weighted by atomic mass is 9.71. The Labute approximate surface area is 295 Å². The highest BCUT2D eigenvalue weighted by molar-refractivity contribution is 5.54. The minimum atomic E-state index is -0.927. The van der Waals surface area contributed by atoms with Crippen LogP contribution in [-0.2, 0) is 17.6 Å². The summed E-state index contributed by atoms with van der Waals surface area (Å²) in [6.07, 6.45) is 0. The zero-order chi connectivity index (χ0) is 35.1. The molecule has 1 unspecified atom stereocenters. The summed E-state index contributed by atoms with van der Waals surface area (Å²) < 4.78 is 28.5. The summed E-state index contributed by atoms with van der Waals surface area (Å²) in [5, 5.41) is 0. The van der Waals surface area contributed by atoms with Gasteiger partial charge in [0.25, 0.3) is 0 Å².